The lowest BCUT2D eigenvalue weighted by molar-refractivity contribution is -0.142. The second-order valence-corrected chi connectivity index (χ2v) is 9.89. The molecule has 3 atom stereocenters. The molecule has 0 heterocycles. The molecule has 0 spiro atoms. The quantitative estimate of drug-likeness (QED) is 0.315. The molecule has 0 saturated heterocycles. The van der Waals surface area contributed by atoms with E-state index in [1.165, 1.54) is 11.1 Å². The summed E-state index contributed by atoms with van der Waals surface area (Å²) in [4.78, 5) is 22.8. The first-order valence-electron chi connectivity index (χ1n) is 12.1. The van der Waals surface area contributed by atoms with Crippen molar-refractivity contribution in [3.8, 4) is 12.3 Å². The maximum absolute atomic E-state index is 11.7. The Hall–Kier alpha value is -3.30. The summed E-state index contributed by atoms with van der Waals surface area (Å²) in [6, 6.07) is 19.9. The van der Waals surface area contributed by atoms with Crippen LogP contribution in [0.1, 0.15) is 57.6 Å². The number of benzene rings is 2. The summed E-state index contributed by atoms with van der Waals surface area (Å²) in [7, 11) is 0. The van der Waals surface area contributed by atoms with Gasteiger partial charge in [-0.1, -0.05) is 81.4 Å². The number of unbranched alkanes of at least 4 members (excludes halogenated alkanes) is 1. The van der Waals surface area contributed by atoms with Crippen molar-refractivity contribution in [1.82, 2.24) is 10.6 Å². The van der Waals surface area contributed by atoms with E-state index < -0.39 is 23.5 Å². The van der Waals surface area contributed by atoms with Crippen LogP contribution in [0.5, 0.6) is 0 Å². The van der Waals surface area contributed by atoms with E-state index in [2.05, 4.69) is 65.1 Å². The average molecular weight is 479 g/mol. The first-order chi connectivity index (χ1) is 16.7. The first-order valence-corrected chi connectivity index (χ1v) is 12.1. The lowest BCUT2D eigenvalue weighted by Crippen LogP contribution is -2.49. The molecule has 2 aromatic carbocycles. The summed E-state index contributed by atoms with van der Waals surface area (Å²) < 4.78 is 5.22. The van der Waals surface area contributed by atoms with Crippen molar-refractivity contribution in [2.45, 2.75) is 71.7 Å². The number of carbonyl (C=O) groups excluding carboxylic acids is 1. The maximum atomic E-state index is 11.7. The fourth-order valence-electron chi connectivity index (χ4n) is 3.62. The molecule has 0 unspecified atom stereocenters. The van der Waals surface area contributed by atoms with E-state index in [4.69, 9.17) is 16.3 Å². The summed E-state index contributed by atoms with van der Waals surface area (Å²) in [5, 5.41) is 15.0. The third-order valence-electron chi connectivity index (χ3n) is 5.73. The Morgan fingerprint density at radius 1 is 1.06 bits per heavy atom. The Morgan fingerprint density at radius 3 is 2.06 bits per heavy atom. The summed E-state index contributed by atoms with van der Waals surface area (Å²) >= 11 is 0. The topological polar surface area (TPSA) is 87.7 Å². The van der Waals surface area contributed by atoms with Crippen LogP contribution in [0.25, 0.3) is 0 Å². The van der Waals surface area contributed by atoms with Gasteiger partial charge in [0.15, 0.2) is 0 Å². The fourth-order valence-corrected chi connectivity index (χ4v) is 3.62. The molecule has 1 amide bonds. The van der Waals surface area contributed by atoms with Crippen molar-refractivity contribution < 1.29 is 19.4 Å². The highest BCUT2D eigenvalue weighted by atomic mass is 16.6. The van der Waals surface area contributed by atoms with Crippen LogP contribution in [-0.2, 0) is 22.6 Å². The van der Waals surface area contributed by atoms with E-state index >= 15 is 0 Å². The highest BCUT2D eigenvalue weighted by Gasteiger charge is 2.41. The summed E-state index contributed by atoms with van der Waals surface area (Å²) in [6.45, 7) is 7.12. The van der Waals surface area contributed by atoms with Crippen LogP contribution in [0, 0.1) is 23.7 Å². The molecule has 6 nitrogen and oxygen atoms in total. The lowest BCUT2D eigenvalue weighted by atomic mass is 9.87. The van der Waals surface area contributed by atoms with Crippen molar-refractivity contribution in [3.05, 3.63) is 71.8 Å². The number of carboxylic acids is 1. The Bertz CT molecular complexity index is 909. The first kappa shape index (κ1) is 27.9. The van der Waals surface area contributed by atoms with Gasteiger partial charge in [-0.15, -0.1) is 12.3 Å². The molecule has 0 aromatic heterocycles. The van der Waals surface area contributed by atoms with E-state index in [-0.39, 0.29) is 6.10 Å². The van der Waals surface area contributed by atoms with Gasteiger partial charge in [-0.25, -0.2) is 9.59 Å². The number of amides is 1. The minimum absolute atomic E-state index is 0.0952. The number of nitrogens with one attached hydrogen (secondary N) is 2. The molecule has 1 aliphatic carbocycles. The van der Waals surface area contributed by atoms with Gasteiger partial charge in [0, 0.05) is 19.5 Å². The largest absolute Gasteiger partial charge is 0.480 e. The molecule has 0 bridgehead atoms. The second kappa shape index (κ2) is 14.2. The average Bonchev–Trinajstić information content (AvgIpc) is 3.56. The number of carboxylic acid groups (broad SMARTS) is 1. The maximum Gasteiger partial charge on any atom is 0.408 e. The van der Waals surface area contributed by atoms with Gasteiger partial charge in [-0.05, 0) is 41.7 Å². The summed E-state index contributed by atoms with van der Waals surface area (Å²) in [5.41, 5.74) is 2.09. The number of aliphatic carboxylic acids is 1. The standard InChI is InChI=1S/C15H23NO4.C14H15N/c1-5-6-7-8-10-9-11(10)20-14(19)16-12(13(17)18)15(2,3)4;1-3-7-13(8-4-1)11-15-12-14-9-5-2-6-10-14/h1,10-12H,6-9H2,2-4H3,(H,16,19)(H,17,18);1-10,15H,11-12H2/t10-,11-,12-;/m1./s1. The molecular formula is C29H38N2O4. The zero-order valence-corrected chi connectivity index (χ0v) is 21.0. The van der Waals surface area contributed by atoms with Crippen LogP contribution < -0.4 is 10.6 Å². The Labute approximate surface area is 209 Å². The van der Waals surface area contributed by atoms with Gasteiger partial charge in [-0.3, -0.25) is 0 Å². The van der Waals surface area contributed by atoms with E-state index in [9.17, 15) is 9.59 Å². The van der Waals surface area contributed by atoms with E-state index in [1.54, 1.807) is 20.8 Å². The molecule has 1 fully saturated rings. The second-order valence-electron chi connectivity index (χ2n) is 9.89. The molecule has 188 valence electrons. The Balaban J connectivity index is 0.000000256. The lowest BCUT2D eigenvalue weighted by Gasteiger charge is -2.27. The number of alkyl carbamates (subject to hydrolysis) is 1. The van der Waals surface area contributed by atoms with Crippen molar-refractivity contribution in [2.24, 2.45) is 11.3 Å². The van der Waals surface area contributed by atoms with E-state index in [0.717, 1.165) is 38.8 Å². The molecule has 35 heavy (non-hydrogen) atoms. The van der Waals surface area contributed by atoms with E-state index in [1.807, 2.05) is 12.1 Å². The molecule has 6 heteroatoms. The predicted octanol–water partition coefficient (Wildman–Crippen LogP) is 5.38. The van der Waals surface area contributed by atoms with Gasteiger partial charge >= 0.3 is 12.1 Å². The van der Waals surface area contributed by atoms with Crippen LogP contribution in [-0.4, -0.2) is 29.3 Å². The molecule has 0 radical (unpaired) electrons. The Morgan fingerprint density at radius 2 is 1.60 bits per heavy atom. The number of hydrogen-bond donors (Lipinski definition) is 3. The number of ether oxygens (including phenoxy) is 1. The number of rotatable bonds is 10. The molecule has 0 aliphatic heterocycles. The van der Waals surface area contributed by atoms with Gasteiger partial charge in [0.1, 0.15) is 12.1 Å². The highest BCUT2D eigenvalue weighted by molar-refractivity contribution is 5.80. The molecular weight excluding hydrogens is 440 g/mol. The van der Waals surface area contributed by atoms with Gasteiger partial charge in [0.2, 0.25) is 0 Å². The molecule has 1 saturated carbocycles. The zero-order valence-electron chi connectivity index (χ0n) is 21.0. The van der Waals surface area contributed by atoms with Crippen LogP contribution >= 0.6 is 0 Å². The minimum Gasteiger partial charge on any atom is -0.480 e. The third kappa shape index (κ3) is 11.1. The SMILES string of the molecule is C#CCCC[C@@H]1C[C@H]1OC(=O)N[C@H](C(=O)O)C(C)(C)C.c1ccc(CNCc2ccccc2)cc1. The van der Waals surface area contributed by atoms with Crippen LogP contribution in [0.2, 0.25) is 0 Å². The summed E-state index contributed by atoms with van der Waals surface area (Å²) in [5.74, 6) is 1.88. The monoisotopic (exact) mass is 478 g/mol. The molecule has 2 aromatic rings. The van der Waals surface area contributed by atoms with Crippen LogP contribution in [0.3, 0.4) is 0 Å². The zero-order chi connectivity index (χ0) is 25.7. The van der Waals surface area contributed by atoms with Crippen LogP contribution in [0.15, 0.2) is 60.7 Å². The normalized spacial score (nSPS) is 17.2. The number of carbonyl (C=O) groups is 2. The van der Waals surface area contributed by atoms with Crippen molar-refractivity contribution in [3.63, 3.8) is 0 Å². The molecule has 1 aliphatic rings. The highest BCUT2D eigenvalue weighted by Crippen LogP contribution is 2.38. The van der Waals surface area contributed by atoms with Gasteiger partial charge in [-0.2, -0.15) is 0 Å². The van der Waals surface area contributed by atoms with Gasteiger partial charge in [0.05, 0.1) is 0 Å². The number of hydrogen-bond acceptors (Lipinski definition) is 4. The summed E-state index contributed by atoms with van der Waals surface area (Å²) in [6.07, 6.45) is 7.88. The van der Waals surface area contributed by atoms with Crippen molar-refractivity contribution in [2.75, 3.05) is 0 Å². The minimum atomic E-state index is -1.06. The third-order valence-corrected chi connectivity index (χ3v) is 5.73. The predicted molar refractivity (Wildman–Crippen MR) is 139 cm³/mol. The fraction of sp³-hybridized carbons (Fsp3) is 0.448. The van der Waals surface area contributed by atoms with Gasteiger partial charge in [0.25, 0.3) is 0 Å². The smallest absolute Gasteiger partial charge is 0.408 e. The van der Waals surface area contributed by atoms with E-state index in [0.29, 0.717) is 5.92 Å². The molecule has 3 N–H and O–H groups in total. The molecule has 3 rings (SSSR count). The van der Waals surface area contributed by atoms with Gasteiger partial charge < -0.3 is 20.5 Å². The number of terminal acetylenes is 1. The Kier molecular flexibility index (Phi) is 11.3. The van der Waals surface area contributed by atoms with Crippen molar-refractivity contribution in [1.29, 1.82) is 0 Å². The van der Waals surface area contributed by atoms with Crippen molar-refractivity contribution >= 4 is 12.1 Å². The van der Waals surface area contributed by atoms with Crippen LogP contribution in [0.4, 0.5) is 4.79 Å².